The molecular weight excluding hydrogens is 288 g/mol. The molecule has 0 unspecified atom stereocenters. The summed E-state index contributed by atoms with van der Waals surface area (Å²) in [6.07, 6.45) is 1.72. The van der Waals surface area contributed by atoms with Gasteiger partial charge in [0.15, 0.2) is 6.61 Å². The molecular formula is C19H18N2O2. The Morgan fingerprint density at radius 3 is 2.61 bits per heavy atom. The van der Waals surface area contributed by atoms with E-state index in [0.717, 1.165) is 16.6 Å². The number of fused-ring (bicyclic) bond motifs is 1. The molecule has 0 aliphatic rings. The van der Waals surface area contributed by atoms with E-state index >= 15 is 0 Å². The number of benzene rings is 2. The molecule has 0 bridgehead atoms. The van der Waals surface area contributed by atoms with Gasteiger partial charge >= 0.3 is 0 Å². The fourth-order valence-electron chi connectivity index (χ4n) is 2.52. The standard InChI is InChI=1S/C19H18N2O2/c1-2-21(16-10-4-3-5-11-16)18(22)14-23-17-12-6-8-15-9-7-13-20-19(15)17/h3-13H,2,14H2,1H3. The molecule has 0 saturated heterocycles. The Bertz CT molecular complexity index is 797. The number of hydrogen-bond acceptors (Lipinski definition) is 3. The molecule has 0 fully saturated rings. The number of amides is 1. The Hall–Kier alpha value is -2.88. The van der Waals surface area contributed by atoms with Gasteiger partial charge in [0.25, 0.3) is 5.91 Å². The fraction of sp³-hybridized carbons (Fsp3) is 0.158. The molecule has 2 aromatic carbocycles. The second-order valence-corrected chi connectivity index (χ2v) is 5.09. The summed E-state index contributed by atoms with van der Waals surface area (Å²) < 4.78 is 5.73. The number of pyridine rings is 1. The van der Waals surface area contributed by atoms with Crippen molar-refractivity contribution in [1.82, 2.24) is 4.98 Å². The van der Waals surface area contributed by atoms with Crippen molar-refractivity contribution in [1.29, 1.82) is 0 Å². The van der Waals surface area contributed by atoms with E-state index in [9.17, 15) is 4.79 Å². The Labute approximate surface area is 135 Å². The molecule has 1 heterocycles. The maximum Gasteiger partial charge on any atom is 0.264 e. The monoisotopic (exact) mass is 306 g/mol. The van der Waals surface area contributed by atoms with Crippen LogP contribution >= 0.6 is 0 Å². The summed E-state index contributed by atoms with van der Waals surface area (Å²) >= 11 is 0. The quantitative estimate of drug-likeness (QED) is 0.722. The number of carbonyl (C=O) groups is 1. The van der Waals surface area contributed by atoms with E-state index in [-0.39, 0.29) is 12.5 Å². The predicted molar refractivity (Wildman–Crippen MR) is 91.7 cm³/mol. The Morgan fingerprint density at radius 2 is 1.83 bits per heavy atom. The summed E-state index contributed by atoms with van der Waals surface area (Å²) in [5.41, 5.74) is 1.64. The maximum atomic E-state index is 12.5. The van der Waals surface area contributed by atoms with Gasteiger partial charge in [-0.2, -0.15) is 0 Å². The van der Waals surface area contributed by atoms with Crippen LogP contribution in [0.1, 0.15) is 6.92 Å². The maximum absolute atomic E-state index is 12.5. The van der Waals surface area contributed by atoms with Crippen LogP contribution in [0.15, 0.2) is 66.9 Å². The Balaban J connectivity index is 1.75. The van der Waals surface area contributed by atoms with E-state index < -0.39 is 0 Å². The highest BCUT2D eigenvalue weighted by atomic mass is 16.5. The average molecular weight is 306 g/mol. The lowest BCUT2D eigenvalue weighted by Crippen LogP contribution is -2.34. The van der Waals surface area contributed by atoms with Crippen LogP contribution in [0.4, 0.5) is 5.69 Å². The highest BCUT2D eigenvalue weighted by Gasteiger charge is 2.15. The van der Waals surface area contributed by atoms with E-state index in [1.807, 2.05) is 67.6 Å². The van der Waals surface area contributed by atoms with Gasteiger partial charge < -0.3 is 9.64 Å². The summed E-state index contributed by atoms with van der Waals surface area (Å²) in [4.78, 5) is 18.5. The minimum Gasteiger partial charge on any atom is -0.481 e. The molecule has 1 amide bonds. The Kier molecular flexibility index (Phi) is 4.52. The van der Waals surface area contributed by atoms with Crippen LogP contribution < -0.4 is 9.64 Å². The SMILES string of the molecule is CCN(C(=O)COc1cccc2cccnc12)c1ccccc1. The zero-order valence-corrected chi connectivity index (χ0v) is 13.0. The fourth-order valence-corrected chi connectivity index (χ4v) is 2.52. The van der Waals surface area contributed by atoms with E-state index in [0.29, 0.717) is 12.3 Å². The number of aromatic nitrogens is 1. The second-order valence-electron chi connectivity index (χ2n) is 5.09. The molecule has 0 saturated carbocycles. The molecule has 3 rings (SSSR count). The molecule has 1 aromatic heterocycles. The minimum atomic E-state index is -0.0772. The van der Waals surface area contributed by atoms with Crippen molar-refractivity contribution in [3.8, 4) is 5.75 Å². The molecule has 0 aliphatic heterocycles. The van der Waals surface area contributed by atoms with Crippen molar-refractivity contribution in [3.63, 3.8) is 0 Å². The van der Waals surface area contributed by atoms with Gasteiger partial charge in [0.1, 0.15) is 11.3 Å². The van der Waals surface area contributed by atoms with Crippen LogP contribution in [0.3, 0.4) is 0 Å². The van der Waals surface area contributed by atoms with Crippen LogP contribution in [-0.2, 0) is 4.79 Å². The molecule has 0 radical (unpaired) electrons. The lowest BCUT2D eigenvalue weighted by Gasteiger charge is -2.21. The van der Waals surface area contributed by atoms with Crippen molar-refractivity contribution in [2.45, 2.75) is 6.92 Å². The smallest absolute Gasteiger partial charge is 0.264 e. The first-order chi connectivity index (χ1) is 11.3. The lowest BCUT2D eigenvalue weighted by molar-refractivity contribution is -0.120. The number of hydrogen-bond donors (Lipinski definition) is 0. The summed E-state index contributed by atoms with van der Waals surface area (Å²) in [5.74, 6) is 0.548. The van der Waals surface area contributed by atoms with Crippen molar-refractivity contribution >= 4 is 22.5 Å². The van der Waals surface area contributed by atoms with E-state index in [1.54, 1.807) is 11.1 Å². The Morgan fingerprint density at radius 1 is 1.04 bits per heavy atom. The zero-order chi connectivity index (χ0) is 16.1. The molecule has 116 valence electrons. The van der Waals surface area contributed by atoms with Crippen LogP contribution in [0, 0.1) is 0 Å². The van der Waals surface area contributed by atoms with Gasteiger partial charge in [-0.15, -0.1) is 0 Å². The number of likely N-dealkylation sites (N-methyl/N-ethyl adjacent to an activating group) is 1. The number of carbonyl (C=O) groups excluding carboxylic acids is 1. The average Bonchev–Trinajstić information content (AvgIpc) is 2.61. The van der Waals surface area contributed by atoms with Gasteiger partial charge in [0.05, 0.1) is 0 Å². The van der Waals surface area contributed by atoms with Gasteiger partial charge in [-0.25, -0.2) is 0 Å². The van der Waals surface area contributed by atoms with Crippen LogP contribution in [0.5, 0.6) is 5.75 Å². The topological polar surface area (TPSA) is 42.4 Å². The first kappa shape index (κ1) is 15.0. The molecule has 0 N–H and O–H groups in total. The number of anilines is 1. The van der Waals surface area contributed by atoms with E-state index in [4.69, 9.17) is 4.74 Å². The largest absolute Gasteiger partial charge is 0.481 e. The van der Waals surface area contributed by atoms with Crippen molar-refractivity contribution in [2.75, 3.05) is 18.1 Å². The summed E-state index contributed by atoms with van der Waals surface area (Å²) in [6, 6.07) is 19.2. The summed E-state index contributed by atoms with van der Waals surface area (Å²) in [7, 11) is 0. The van der Waals surface area contributed by atoms with Gasteiger partial charge in [0, 0.05) is 23.8 Å². The lowest BCUT2D eigenvalue weighted by atomic mass is 10.2. The van der Waals surface area contributed by atoms with Gasteiger partial charge in [-0.05, 0) is 31.2 Å². The van der Waals surface area contributed by atoms with Gasteiger partial charge in [-0.1, -0.05) is 36.4 Å². The molecule has 0 atom stereocenters. The van der Waals surface area contributed by atoms with Crippen LogP contribution in [-0.4, -0.2) is 24.0 Å². The molecule has 4 nitrogen and oxygen atoms in total. The van der Waals surface area contributed by atoms with Crippen LogP contribution in [0.25, 0.3) is 10.9 Å². The zero-order valence-electron chi connectivity index (χ0n) is 13.0. The van der Waals surface area contributed by atoms with Crippen molar-refractivity contribution < 1.29 is 9.53 Å². The van der Waals surface area contributed by atoms with Gasteiger partial charge in [0.2, 0.25) is 0 Å². The highest BCUT2D eigenvalue weighted by Crippen LogP contribution is 2.23. The van der Waals surface area contributed by atoms with E-state index in [2.05, 4.69) is 4.98 Å². The third-order valence-corrected chi connectivity index (χ3v) is 3.63. The third-order valence-electron chi connectivity index (χ3n) is 3.63. The molecule has 3 aromatic rings. The summed E-state index contributed by atoms with van der Waals surface area (Å²) in [6.45, 7) is 2.53. The van der Waals surface area contributed by atoms with E-state index in [1.165, 1.54) is 0 Å². The normalized spacial score (nSPS) is 10.5. The molecule has 0 aliphatic carbocycles. The number of para-hydroxylation sites is 2. The molecule has 0 spiro atoms. The van der Waals surface area contributed by atoms with Gasteiger partial charge in [-0.3, -0.25) is 9.78 Å². The number of rotatable bonds is 5. The molecule has 23 heavy (non-hydrogen) atoms. The predicted octanol–water partition coefficient (Wildman–Crippen LogP) is 3.67. The first-order valence-corrected chi connectivity index (χ1v) is 7.61. The first-order valence-electron chi connectivity index (χ1n) is 7.61. The third kappa shape index (κ3) is 3.31. The summed E-state index contributed by atoms with van der Waals surface area (Å²) in [5, 5.41) is 0.993. The van der Waals surface area contributed by atoms with Crippen LogP contribution in [0.2, 0.25) is 0 Å². The van der Waals surface area contributed by atoms with Crippen molar-refractivity contribution in [3.05, 3.63) is 66.9 Å². The minimum absolute atomic E-state index is 0.0155. The number of ether oxygens (including phenoxy) is 1. The number of nitrogens with zero attached hydrogens (tertiary/aromatic N) is 2. The molecule has 4 heteroatoms. The second kappa shape index (κ2) is 6.92. The van der Waals surface area contributed by atoms with Crippen molar-refractivity contribution in [2.24, 2.45) is 0 Å². The highest BCUT2D eigenvalue weighted by molar-refractivity contribution is 5.94.